The third-order valence-electron chi connectivity index (χ3n) is 4.87. The number of nitro benzene ring substituents is 1. The first kappa shape index (κ1) is 23.0. The smallest absolute Gasteiger partial charge is 0.344 e. The number of amides is 1. The topological polar surface area (TPSA) is 136 Å². The summed E-state index contributed by atoms with van der Waals surface area (Å²) in [4.78, 5) is 34.8. The van der Waals surface area contributed by atoms with Crippen LogP contribution < -0.4 is 10.1 Å². The number of esters is 1. The largest absolute Gasteiger partial charge is 0.475 e. The Kier molecular flexibility index (Phi) is 7.05. The molecule has 0 bridgehead atoms. The van der Waals surface area contributed by atoms with Gasteiger partial charge in [-0.1, -0.05) is 30.3 Å². The van der Waals surface area contributed by atoms with Crippen LogP contribution in [0.1, 0.15) is 16.8 Å². The van der Waals surface area contributed by atoms with E-state index in [1.54, 1.807) is 11.5 Å². The van der Waals surface area contributed by atoms with E-state index in [0.717, 1.165) is 11.4 Å². The number of carbonyl (C=O) groups excluding carboxylic acids is 2. The summed E-state index contributed by atoms with van der Waals surface area (Å²) < 4.78 is 11.8. The monoisotopic (exact) mass is 448 g/mol. The fraction of sp³-hybridized carbons (Fsp3) is 0.174. The predicted molar refractivity (Wildman–Crippen MR) is 118 cm³/mol. The minimum atomic E-state index is -0.880. The highest BCUT2D eigenvalue weighted by molar-refractivity contribution is 5.94. The Morgan fingerprint density at radius 1 is 1.09 bits per heavy atom. The number of ether oxygens (including phenoxy) is 2. The van der Waals surface area contributed by atoms with Crippen molar-refractivity contribution in [1.29, 1.82) is 5.26 Å². The van der Waals surface area contributed by atoms with Gasteiger partial charge in [-0.15, -0.1) is 0 Å². The van der Waals surface area contributed by atoms with Gasteiger partial charge in [0, 0.05) is 17.4 Å². The number of carbonyl (C=O) groups is 2. The van der Waals surface area contributed by atoms with Gasteiger partial charge in [-0.05, 0) is 37.6 Å². The number of anilines is 1. The molecule has 1 aromatic heterocycles. The Morgan fingerprint density at radius 3 is 2.42 bits per heavy atom. The van der Waals surface area contributed by atoms with Crippen LogP contribution in [0.15, 0.2) is 54.6 Å². The molecule has 168 valence electrons. The van der Waals surface area contributed by atoms with Crippen molar-refractivity contribution in [2.45, 2.75) is 13.8 Å². The average Bonchev–Trinajstić information content (AvgIpc) is 3.05. The number of benzene rings is 2. The van der Waals surface area contributed by atoms with Gasteiger partial charge >= 0.3 is 11.7 Å². The molecule has 0 radical (unpaired) electrons. The molecule has 1 heterocycles. The Bertz CT molecular complexity index is 1240. The molecule has 0 saturated heterocycles. The summed E-state index contributed by atoms with van der Waals surface area (Å²) in [6.07, 6.45) is 0. The number of hydrogen-bond acceptors (Lipinski definition) is 7. The lowest BCUT2D eigenvalue weighted by Crippen LogP contribution is -2.25. The molecule has 0 fully saturated rings. The van der Waals surface area contributed by atoms with Crippen molar-refractivity contribution >= 4 is 23.4 Å². The molecule has 1 amide bonds. The Balaban J connectivity index is 1.66. The molecule has 3 rings (SSSR count). The van der Waals surface area contributed by atoms with Crippen molar-refractivity contribution < 1.29 is 24.0 Å². The molecule has 0 aliphatic heterocycles. The van der Waals surface area contributed by atoms with Crippen LogP contribution in [0.4, 0.5) is 11.5 Å². The van der Waals surface area contributed by atoms with Gasteiger partial charge in [0.2, 0.25) is 0 Å². The lowest BCUT2D eigenvalue weighted by molar-refractivity contribution is -0.385. The van der Waals surface area contributed by atoms with Gasteiger partial charge in [0.1, 0.15) is 11.9 Å². The fourth-order valence-corrected chi connectivity index (χ4v) is 3.18. The summed E-state index contributed by atoms with van der Waals surface area (Å²) >= 11 is 0. The maximum absolute atomic E-state index is 12.5. The first-order valence-corrected chi connectivity index (χ1v) is 9.82. The Morgan fingerprint density at radius 2 is 1.76 bits per heavy atom. The first-order chi connectivity index (χ1) is 15.8. The van der Waals surface area contributed by atoms with E-state index < -0.39 is 30.0 Å². The van der Waals surface area contributed by atoms with Crippen LogP contribution in [0.5, 0.6) is 5.75 Å². The molecule has 2 aromatic carbocycles. The van der Waals surface area contributed by atoms with Gasteiger partial charge < -0.3 is 14.8 Å². The van der Waals surface area contributed by atoms with Crippen molar-refractivity contribution in [2.75, 3.05) is 18.5 Å². The lowest BCUT2D eigenvalue weighted by Gasteiger charge is -2.13. The Labute approximate surface area is 189 Å². The van der Waals surface area contributed by atoms with Crippen LogP contribution in [-0.4, -0.2) is 34.6 Å². The van der Waals surface area contributed by atoms with Gasteiger partial charge in [0.25, 0.3) is 5.91 Å². The number of nitriles is 1. The highest BCUT2D eigenvalue weighted by Gasteiger charge is 2.21. The minimum Gasteiger partial charge on any atom is -0.475 e. The number of nitro groups is 1. The molecule has 1 N–H and O–H groups in total. The SMILES string of the molecule is Cc1c(C#N)c(NC(=O)COC(=O)COc2ccccc2[N+](=O)[O-])n(-c2ccccc2)c1C. The molecular weight excluding hydrogens is 428 g/mol. The van der Waals surface area contributed by atoms with E-state index >= 15 is 0 Å². The number of hydrogen-bond donors (Lipinski definition) is 1. The highest BCUT2D eigenvalue weighted by atomic mass is 16.6. The lowest BCUT2D eigenvalue weighted by atomic mass is 10.2. The van der Waals surface area contributed by atoms with Crippen molar-refractivity contribution in [1.82, 2.24) is 4.57 Å². The zero-order chi connectivity index (χ0) is 24.0. The zero-order valence-corrected chi connectivity index (χ0v) is 17.9. The second-order valence-electron chi connectivity index (χ2n) is 6.94. The summed E-state index contributed by atoms with van der Waals surface area (Å²) in [6.45, 7) is 2.38. The molecular formula is C23H20N4O6. The molecule has 10 heteroatoms. The summed E-state index contributed by atoms with van der Waals surface area (Å²) in [5, 5.41) is 23.2. The minimum absolute atomic E-state index is 0.0887. The van der Waals surface area contributed by atoms with Crippen LogP contribution in [0, 0.1) is 35.3 Å². The summed E-state index contributed by atoms with van der Waals surface area (Å²) in [6, 6.07) is 16.9. The van der Waals surface area contributed by atoms with Crippen LogP contribution in [0.25, 0.3) is 5.69 Å². The van der Waals surface area contributed by atoms with Gasteiger partial charge in [-0.25, -0.2) is 4.79 Å². The molecule has 0 unspecified atom stereocenters. The third kappa shape index (κ3) is 5.16. The second kappa shape index (κ2) is 10.1. The molecule has 0 aliphatic rings. The van der Waals surface area contributed by atoms with Crippen LogP contribution in [-0.2, 0) is 14.3 Å². The van der Waals surface area contributed by atoms with Crippen molar-refractivity contribution in [3.63, 3.8) is 0 Å². The molecule has 33 heavy (non-hydrogen) atoms. The van der Waals surface area contributed by atoms with Crippen molar-refractivity contribution in [3.8, 4) is 17.5 Å². The van der Waals surface area contributed by atoms with E-state index in [4.69, 9.17) is 9.47 Å². The zero-order valence-electron chi connectivity index (χ0n) is 17.9. The number of para-hydroxylation sites is 3. The summed E-state index contributed by atoms with van der Waals surface area (Å²) in [7, 11) is 0. The third-order valence-corrected chi connectivity index (χ3v) is 4.87. The van der Waals surface area contributed by atoms with E-state index in [2.05, 4.69) is 11.4 Å². The molecule has 0 saturated carbocycles. The van der Waals surface area contributed by atoms with Gasteiger partial charge in [-0.3, -0.25) is 19.5 Å². The van der Waals surface area contributed by atoms with E-state index in [1.807, 2.05) is 37.3 Å². The first-order valence-electron chi connectivity index (χ1n) is 9.82. The maximum Gasteiger partial charge on any atom is 0.344 e. The number of rotatable bonds is 8. The standard InChI is InChI=1S/C23H20N4O6/c1-15-16(2)26(17-8-4-3-5-9-17)23(18(15)12-24)25-21(28)13-33-22(29)14-32-20-11-7-6-10-19(20)27(30)31/h3-11H,13-14H2,1-2H3,(H,25,28). The van der Waals surface area contributed by atoms with E-state index in [0.29, 0.717) is 11.1 Å². The summed E-state index contributed by atoms with van der Waals surface area (Å²) in [5.41, 5.74) is 2.26. The average molecular weight is 448 g/mol. The summed E-state index contributed by atoms with van der Waals surface area (Å²) in [5.74, 6) is -1.35. The molecule has 10 nitrogen and oxygen atoms in total. The number of nitrogens with one attached hydrogen (secondary N) is 1. The van der Waals surface area contributed by atoms with E-state index in [9.17, 15) is 25.0 Å². The van der Waals surface area contributed by atoms with Gasteiger partial charge in [0.05, 0.1) is 10.5 Å². The highest BCUT2D eigenvalue weighted by Crippen LogP contribution is 2.30. The maximum atomic E-state index is 12.5. The van der Waals surface area contributed by atoms with Gasteiger partial charge in [0.15, 0.2) is 19.0 Å². The fourth-order valence-electron chi connectivity index (χ4n) is 3.18. The number of nitrogens with zero attached hydrogens (tertiary/aromatic N) is 3. The van der Waals surface area contributed by atoms with Crippen LogP contribution in [0.3, 0.4) is 0 Å². The van der Waals surface area contributed by atoms with Crippen molar-refractivity contribution in [3.05, 3.63) is 81.5 Å². The van der Waals surface area contributed by atoms with Crippen LogP contribution >= 0.6 is 0 Å². The van der Waals surface area contributed by atoms with E-state index in [1.165, 1.54) is 24.3 Å². The molecule has 0 aliphatic carbocycles. The molecule has 0 spiro atoms. The Hall–Kier alpha value is -4.65. The second-order valence-corrected chi connectivity index (χ2v) is 6.94. The van der Waals surface area contributed by atoms with Crippen molar-refractivity contribution in [2.24, 2.45) is 0 Å². The van der Waals surface area contributed by atoms with E-state index in [-0.39, 0.29) is 17.3 Å². The van der Waals surface area contributed by atoms with Gasteiger partial charge in [-0.2, -0.15) is 5.26 Å². The molecule has 3 aromatic rings. The number of aromatic nitrogens is 1. The quantitative estimate of drug-likeness (QED) is 0.317. The normalized spacial score (nSPS) is 10.2. The molecule has 0 atom stereocenters. The van der Waals surface area contributed by atoms with Crippen LogP contribution in [0.2, 0.25) is 0 Å². The predicted octanol–water partition coefficient (Wildman–Crippen LogP) is 3.43.